The number of carboxylic acid groups (broad SMARTS) is 1. The van der Waals surface area contributed by atoms with E-state index < -0.39 is 5.97 Å². The number of aromatic carboxylic acids is 1. The SMILES string of the molecule is CCCN(CCC)c1cccnc1C(=O)O. The summed E-state index contributed by atoms with van der Waals surface area (Å²) in [5, 5.41) is 9.06. The van der Waals surface area contributed by atoms with Crippen molar-refractivity contribution in [2.75, 3.05) is 18.0 Å². The van der Waals surface area contributed by atoms with Gasteiger partial charge in [-0.25, -0.2) is 9.78 Å². The van der Waals surface area contributed by atoms with E-state index in [4.69, 9.17) is 5.11 Å². The van der Waals surface area contributed by atoms with Gasteiger partial charge in [0.05, 0.1) is 5.69 Å². The molecular formula is C12H18N2O2. The molecule has 0 amide bonds. The van der Waals surface area contributed by atoms with Crippen molar-refractivity contribution in [2.45, 2.75) is 26.7 Å². The van der Waals surface area contributed by atoms with Gasteiger partial charge in [0.1, 0.15) is 0 Å². The van der Waals surface area contributed by atoms with Crippen LogP contribution in [0.4, 0.5) is 5.69 Å². The van der Waals surface area contributed by atoms with Crippen molar-refractivity contribution in [2.24, 2.45) is 0 Å². The minimum Gasteiger partial charge on any atom is -0.476 e. The van der Waals surface area contributed by atoms with Gasteiger partial charge in [-0.3, -0.25) is 0 Å². The molecule has 1 aromatic rings. The average Bonchev–Trinajstić information content (AvgIpc) is 2.29. The van der Waals surface area contributed by atoms with Gasteiger partial charge in [-0.15, -0.1) is 0 Å². The van der Waals surface area contributed by atoms with Gasteiger partial charge >= 0.3 is 5.97 Å². The average molecular weight is 222 g/mol. The van der Waals surface area contributed by atoms with E-state index in [1.807, 2.05) is 6.07 Å². The summed E-state index contributed by atoms with van der Waals surface area (Å²) in [7, 11) is 0. The first kappa shape index (κ1) is 12.5. The maximum absolute atomic E-state index is 11.0. The summed E-state index contributed by atoms with van der Waals surface area (Å²) in [6, 6.07) is 3.60. The predicted octanol–water partition coefficient (Wildman–Crippen LogP) is 2.41. The molecule has 0 spiro atoms. The molecule has 0 aliphatic rings. The lowest BCUT2D eigenvalue weighted by Gasteiger charge is -2.24. The zero-order valence-electron chi connectivity index (χ0n) is 9.81. The fourth-order valence-electron chi connectivity index (χ4n) is 1.71. The second kappa shape index (κ2) is 6.10. The number of nitrogens with zero attached hydrogens (tertiary/aromatic N) is 2. The van der Waals surface area contributed by atoms with Gasteiger partial charge in [0.15, 0.2) is 5.69 Å². The Balaban J connectivity index is 3.02. The molecule has 0 unspecified atom stereocenters. The molecule has 88 valence electrons. The molecule has 0 fully saturated rings. The van der Waals surface area contributed by atoms with Crippen molar-refractivity contribution in [1.82, 2.24) is 4.98 Å². The lowest BCUT2D eigenvalue weighted by atomic mass is 10.2. The Morgan fingerprint density at radius 2 is 2.00 bits per heavy atom. The lowest BCUT2D eigenvalue weighted by Crippen LogP contribution is -2.27. The van der Waals surface area contributed by atoms with Crippen molar-refractivity contribution in [3.05, 3.63) is 24.0 Å². The Morgan fingerprint density at radius 3 is 2.50 bits per heavy atom. The molecule has 0 saturated heterocycles. The van der Waals surface area contributed by atoms with Crippen LogP contribution in [0.15, 0.2) is 18.3 Å². The van der Waals surface area contributed by atoms with E-state index in [0.29, 0.717) is 0 Å². The molecule has 1 heterocycles. The number of aromatic nitrogens is 1. The van der Waals surface area contributed by atoms with Crippen LogP contribution in [0.1, 0.15) is 37.2 Å². The molecule has 0 saturated carbocycles. The van der Waals surface area contributed by atoms with Crippen LogP contribution in [-0.2, 0) is 0 Å². The minimum absolute atomic E-state index is 0.143. The van der Waals surface area contributed by atoms with Crippen LogP contribution < -0.4 is 4.90 Å². The van der Waals surface area contributed by atoms with Crippen LogP contribution in [0.25, 0.3) is 0 Å². The molecule has 1 rings (SSSR count). The topological polar surface area (TPSA) is 53.4 Å². The van der Waals surface area contributed by atoms with E-state index in [9.17, 15) is 4.79 Å². The molecule has 0 atom stereocenters. The van der Waals surface area contributed by atoms with E-state index in [1.54, 1.807) is 6.07 Å². The molecule has 4 nitrogen and oxygen atoms in total. The zero-order valence-corrected chi connectivity index (χ0v) is 9.81. The number of hydrogen-bond acceptors (Lipinski definition) is 3. The van der Waals surface area contributed by atoms with Crippen molar-refractivity contribution < 1.29 is 9.90 Å². The smallest absolute Gasteiger partial charge is 0.356 e. The zero-order chi connectivity index (χ0) is 12.0. The predicted molar refractivity (Wildman–Crippen MR) is 64.0 cm³/mol. The van der Waals surface area contributed by atoms with Crippen LogP contribution >= 0.6 is 0 Å². The Morgan fingerprint density at radius 1 is 1.38 bits per heavy atom. The second-order valence-electron chi connectivity index (χ2n) is 3.66. The molecule has 1 aromatic heterocycles. The minimum atomic E-state index is -0.965. The maximum Gasteiger partial charge on any atom is 0.356 e. The maximum atomic E-state index is 11.0. The highest BCUT2D eigenvalue weighted by atomic mass is 16.4. The summed E-state index contributed by atoms with van der Waals surface area (Å²) in [5.41, 5.74) is 0.864. The summed E-state index contributed by atoms with van der Waals surface area (Å²) in [4.78, 5) is 17.0. The fourth-order valence-corrected chi connectivity index (χ4v) is 1.71. The van der Waals surface area contributed by atoms with Gasteiger partial charge < -0.3 is 10.0 Å². The summed E-state index contributed by atoms with van der Waals surface area (Å²) < 4.78 is 0. The Labute approximate surface area is 95.9 Å². The van der Waals surface area contributed by atoms with Crippen LogP contribution in [0.3, 0.4) is 0 Å². The highest BCUT2D eigenvalue weighted by Gasteiger charge is 2.15. The molecule has 0 aromatic carbocycles. The Bertz CT molecular complexity index is 347. The first-order valence-electron chi connectivity index (χ1n) is 5.64. The Kier molecular flexibility index (Phi) is 4.76. The van der Waals surface area contributed by atoms with Crippen molar-refractivity contribution >= 4 is 11.7 Å². The molecular weight excluding hydrogens is 204 g/mol. The number of rotatable bonds is 6. The van der Waals surface area contributed by atoms with Gasteiger partial charge in [-0.2, -0.15) is 0 Å². The molecule has 4 heteroatoms. The van der Waals surface area contributed by atoms with E-state index in [-0.39, 0.29) is 5.69 Å². The first-order valence-corrected chi connectivity index (χ1v) is 5.64. The molecule has 0 aliphatic carbocycles. The largest absolute Gasteiger partial charge is 0.476 e. The third kappa shape index (κ3) is 2.95. The van der Waals surface area contributed by atoms with Gasteiger partial charge in [0, 0.05) is 19.3 Å². The van der Waals surface area contributed by atoms with E-state index in [0.717, 1.165) is 31.6 Å². The summed E-state index contributed by atoms with van der Waals surface area (Å²) in [6.45, 7) is 5.89. The Hall–Kier alpha value is -1.58. The van der Waals surface area contributed by atoms with E-state index in [2.05, 4.69) is 23.7 Å². The number of pyridine rings is 1. The normalized spacial score (nSPS) is 10.1. The summed E-state index contributed by atoms with van der Waals surface area (Å²) in [6.07, 6.45) is 3.50. The highest BCUT2D eigenvalue weighted by Crippen LogP contribution is 2.18. The number of anilines is 1. The van der Waals surface area contributed by atoms with Gasteiger partial charge in [-0.1, -0.05) is 13.8 Å². The molecule has 0 aliphatic heterocycles. The molecule has 1 N–H and O–H groups in total. The van der Waals surface area contributed by atoms with Crippen molar-refractivity contribution in [3.8, 4) is 0 Å². The van der Waals surface area contributed by atoms with Crippen LogP contribution in [0, 0.1) is 0 Å². The lowest BCUT2D eigenvalue weighted by molar-refractivity contribution is 0.0691. The second-order valence-corrected chi connectivity index (χ2v) is 3.66. The molecule has 16 heavy (non-hydrogen) atoms. The van der Waals surface area contributed by atoms with Crippen molar-refractivity contribution in [3.63, 3.8) is 0 Å². The summed E-state index contributed by atoms with van der Waals surface area (Å²) in [5.74, 6) is -0.965. The fraction of sp³-hybridized carbons (Fsp3) is 0.500. The summed E-state index contributed by atoms with van der Waals surface area (Å²) >= 11 is 0. The number of carbonyl (C=O) groups is 1. The van der Waals surface area contributed by atoms with Crippen molar-refractivity contribution in [1.29, 1.82) is 0 Å². The standard InChI is InChI=1S/C12H18N2O2/c1-3-8-14(9-4-2)10-6-5-7-13-11(10)12(15)16/h5-7H,3-4,8-9H2,1-2H3,(H,15,16). The monoisotopic (exact) mass is 222 g/mol. The van der Waals surface area contributed by atoms with Crippen LogP contribution in [-0.4, -0.2) is 29.1 Å². The van der Waals surface area contributed by atoms with E-state index >= 15 is 0 Å². The number of hydrogen-bond donors (Lipinski definition) is 1. The quantitative estimate of drug-likeness (QED) is 0.803. The molecule has 0 bridgehead atoms. The van der Waals surface area contributed by atoms with Crippen LogP contribution in [0.5, 0.6) is 0 Å². The third-order valence-electron chi connectivity index (χ3n) is 2.32. The number of carboxylic acids is 1. The van der Waals surface area contributed by atoms with E-state index in [1.165, 1.54) is 6.20 Å². The molecule has 0 radical (unpaired) electrons. The highest BCUT2D eigenvalue weighted by molar-refractivity contribution is 5.92. The van der Waals surface area contributed by atoms with Gasteiger partial charge in [-0.05, 0) is 25.0 Å². The van der Waals surface area contributed by atoms with Crippen LogP contribution in [0.2, 0.25) is 0 Å². The van der Waals surface area contributed by atoms with Gasteiger partial charge in [0.2, 0.25) is 0 Å². The van der Waals surface area contributed by atoms with Gasteiger partial charge in [0.25, 0.3) is 0 Å². The third-order valence-corrected chi connectivity index (χ3v) is 2.32. The first-order chi connectivity index (χ1) is 7.70.